The molecule has 72 valence electrons. The zero-order chi connectivity index (χ0) is 9.42. The Morgan fingerprint density at radius 1 is 1.54 bits per heavy atom. The van der Waals surface area contributed by atoms with Crippen molar-refractivity contribution < 1.29 is 14.6 Å². The molecule has 2 bridgehead atoms. The first kappa shape index (κ1) is 8.75. The Kier molecular flexibility index (Phi) is 2.12. The van der Waals surface area contributed by atoms with Gasteiger partial charge in [-0.3, -0.25) is 4.79 Å². The normalized spacial score (nSPS) is 41.1. The van der Waals surface area contributed by atoms with Gasteiger partial charge in [-0.1, -0.05) is 12.2 Å². The lowest BCUT2D eigenvalue weighted by molar-refractivity contribution is -0.143. The van der Waals surface area contributed by atoms with Gasteiger partial charge >= 0.3 is 5.97 Å². The van der Waals surface area contributed by atoms with Crippen molar-refractivity contribution in [2.45, 2.75) is 19.4 Å². The fraction of sp³-hybridized carbons (Fsp3) is 0.700. The Morgan fingerprint density at radius 3 is 2.77 bits per heavy atom. The van der Waals surface area contributed by atoms with E-state index in [0.29, 0.717) is 18.4 Å². The van der Waals surface area contributed by atoms with Gasteiger partial charge in [-0.2, -0.15) is 0 Å². The molecule has 4 unspecified atom stereocenters. The van der Waals surface area contributed by atoms with Crippen molar-refractivity contribution in [1.82, 2.24) is 0 Å². The summed E-state index contributed by atoms with van der Waals surface area (Å²) in [5.74, 6) is 0.572. The van der Waals surface area contributed by atoms with Crippen LogP contribution in [0, 0.1) is 17.8 Å². The minimum atomic E-state index is -0.311. The second kappa shape index (κ2) is 3.14. The standard InChI is InChI=1S/C10H14O3/c1-6(11)13-5-9-7-2-3-8(4-7)10(9)12/h2-3,7-10,12H,4-5H2,1H3. The number of fused-ring (bicyclic) bond motifs is 2. The molecule has 0 saturated heterocycles. The van der Waals surface area contributed by atoms with Gasteiger partial charge in [0, 0.05) is 18.8 Å². The first-order valence-corrected chi connectivity index (χ1v) is 4.68. The van der Waals surface area contributed by atoms with E-state index in [2.05, 4.69) is 12.2 Å². The van der Waals surface area contributed by atoms with Crippen LogP contribution in [0.4, 0.5) is 0 Å². The molecular weight excluding hydrogens is 168 g/mol. The number of esters is 1. The van der Waals surface area contributed by atoms with Crippen LogP contribution in [-0.4, -0.2) is 23.8 Å². The van der Waals surface area contributed by atoms with Crippen LogP contribution < -0.4 is 0 Å². The number of allylic oxidation sites excluding steroid dienone is 1. The molecule has 0 spiro atoms. The highest BCUT2D eigenvalue weighted by Crippen LogP contribution is 2.43. The third-order valence-corrected chi connectivity index (χ3v) is 3.06. The van der Waals surface area contributed by atoms with Crippen molar-refractivity contribution in [3.8, 4) is 0 Å². The third-order valence-electron chi connectivity index (χ3n) is 3.06. The quantitative estimate of drug-likeness (QED) is 0.506. The maximum Gasteiger partial charge on any atom is 0.302 e. The van der Waals surface area contributed by atoms with E-state index in [9.17, 15) is 9.90 Å². The zero-order valence-corrected chi connectivity index (χ0v) is 7.64. The van der Waals surface area contributed by atoms with E-state index in [1.807, 2.05) is 0 Å². The summed E-state index contributed by atoms with van der Waals surface area (Å²) in [5.41, 5.74) is 0. The minimum Gasteiger partial charge on any atom is -0.465 e. The minimum absolute atomic E-state index is 0.124. The fourth-order valence-corrected chi connectivity index (χ4v) is 2.33. The van der Waals surface area contributed by atoms with Crippen molar-refractivity contribution >= 4 is 5.97 Å². The first-order chi connectivity index (χ1) is 6.18. The summed E-state index contributed by atoms with van der Waals surface area (Å²) >= 11 is 0. The molecule has 3 nitrogen and oxygen atoms in total. The lowest BCUT2D eigenvalue weighted by Crippen LogP contribution is -2.29. The lowest BCUT2D eigenvalue weighted by Gasteiger charge is -2.22. The Balaban J connectivity index is 1.93. The molecule has 3 heteroatoms. The molecule has 13 heavy (non-hydrogen) atoms. The molecule has 2 aliphatic rings. The molecule has 0 aromatic carbocycles. The average molecular weight is 182 g/mol. The van der Waals surface area contributed by atoms with Gasteiger partial charge in [0.25, 0.3) is 0 Å². The number of carbonyl (C=O) groups is 1. The highest BCUT2D eigenvalue weighted by molar-refractivity contribution is 5.65. The number of aliphatic hydroxyl groups is 1. The van der Waals surface area contributed by atoms with Gasteiger partial charge in [-0.05, 0) is 12.3 Å². The molecule has 1 saturated carbocycles. The van der Waals surface area contributed by atoms with Crippen molar-refractivity contribution in [1.29, 1.82) is 0 Å². The van der Waals surface area contributed by atoms with Gasteiger partial charge in [0.15, 0.2) is 0 Å². The predicted octanol–water partition coefficient (Wildman–Crippen LogP) is 0.732. The van der Waals surface area contributed by atoms with E-state index in [1.165, 1.54) is 6.92 Å². The van der Waals surface area contributed by atoms with Crippen LogP contribution in [0.25, 0.3) is 0 Å². The molecule has 1 fully saturated rings. The number of ether oxygens (including phenoxy) is 1. The molecule has 0 amide bonds. The third kappa shape index (κ3) is 1.48. The summed E-state index contributed by atoms with van der Waals surface area (Å²) in [4.78, 5) is 10.6. The summed E-state index contributed by atoms with van der Waals surface area (Å²) in [6.07, 6.45) is 4.91. The van der Waals surface area contributed by atoms with E-state index in [0.717, 1.165) is 6.42 Å². The van der Waals surface area contributed by atoms with E-state index >= 15 is 0 Å². The molecule has 1 N–H and O–H groups in total. The van der Waals surface area contributed by atoms with E-state index in [4.69, 9.17) is 4.74 Å². The van der Waals surface area contributed by atoms with Crippen molar-refractivity contribution in [2.24, 2.45) is 17.8 Å². The van der Waals surface area contributed by atoms with Crippen LogP contribution in [0.1, 0.15) is 13.3 Å². The molecule has 2 rings (SSSR count). The molecule has 0 aliphatic heterocycles. The van der Waals surface area contributed by atoms with Gasteiger partial charge in [-0.15, -0.1) is 0 Å². The maximum atomic E-state index is 10.6. The van der Waals surface area contributed by atoms with Crippen LogP contribution in [0.5, 0.6) is 0 Å². The van der Waals surface area contributed by atoms with Crippen LogP contribution >= 0.6 is 0 Å². The van der Waals surface area contributed by atoms with Crippen LogP contribution in [0.15, 0.2) is 12.2 Å². The fourth-order valence-electron chi connectivity index (χ4n) is 2.33. The number of hydrogen-bond donors (Lipinski definition) is 1. The van der Waals surface area contributed by atoms with Gasteiger partial charge in [0.1, 0.15) is 0 Å². The summed E-state index contributed by atoms with van der Waals surface area (Å²) in [7, 11) is 0. The molecule has 0 aromatic heterocycles. The van der Waals surface area contributed by atoms with Gasteiger partial charge in [0.05, 0.1) is 12.7 Å². The average Bonchev–Trinajstić information content (AvgIpc) is 2.61. The number of aliphatic hydroxyl groups excluding tert-OH is 1. The molecule has 0 radical (unpaired) electrons. The van der Waals surface area contributed by atoms with Crippen LogP contribution in [0.2, 0.25) is 0 Å². The highest BCUT2D eigenvalue weighted by atomic mass is 16.5. The summed E-state index contributed by atoms with van der Waals surface area (Å²) in [6.45, 7) is 1.76. The predicted molar refractivity (Wildman–Crippen MR) is 46.9 cm³/mol. The monoisotopic (exact) mass is 182 g/mol. The topological polar surface area (TPSA) is 46.5 Å². The van der Waals surface area contributed by atoms with Crippen LogP contribution in [0.3, 0.4) is 0 Å². The molecule has 0 aromatic rings. The molecule has 0 heterocycles. The molecular formula is C10H14O3. The van der Waals surface area contributed by atoms with Crippen molar-refractivity contribution in [3.63, 3.8) is 0 Å². The van der Waals surface area contributed by atoms with Crippen molar-refractivity contribution in [3.05, 3.63) is 12.2 Å². The van der Waals surface area contributed by atoms with E-state index in [-0.39, 0.29) is 18.0 Å². The first-order valence-electron chi connectivity index (χ1n) is 4.68. The lowest BCUT2D eigenvalue weighted by atomic mass is 9.92. The summed E-state index contributed by atoms with van der Waals surface area (Å²) in [6, 6.07) is 0. The summed E-state index contributed by atoms with van der Waals surface area (Å²) < 4.78 is 4.92. The number of carbonyl (C=O) groups excluding carboxylic acids is 1. The van der Waals surface area contributed by atoms with Gasteiger partial charge in [0.2, 0.25) is 0 Å². The second-order valence-corrected chi connectivity index (χ2v) is 3.91. The largest absolute Gasteiger partial charge is 0.465 e. The number of hydrogen-bond acceptors (Lipinski definition) is 3. The SMILES string of the molecule is CC(=O)OCC1C2C=CC(C2)C1O. The van der Waals surface area contributed by atoms with Gasteiger partial charge in [-0.25, -0.2) is 0 Å². The highest BCUT2D eigenvalue weighted by Gasteiger charge is 2.43. The smallest absolute Gasteiger partial charge is 0.302 e. The van der Waals surface area contributed by atoms with Gasteiger partial charge < -0.3 is 9.84 Å². The second-order valence-electron chi connectivity index (χ2n) is 3.91. The maximum absolute atomic E-state index is 10.6. The molecule has 2 aliphatic carbocycles. The van der Waals surface area contributed by atoms with E-state index < -0.39 is 0 Å². The zero-order valence-electron chi connectivity index (χ0n) is 7.64. The molecule has 4 atom stereocenters. The Bertz CT molecular complexity index is 247. The Labute approximate surface area is 77.4 Å². The van der Waals surface area contributed by atoms with Crippen molar-refractivity contribution in [2.75, 3.05) is 6.61 Å². The summed E-state index contributed by atoms with van der Waals surface area (Å²) in [5, 5.41) is 9.75. The van der Waals surface area contributed by atoms with E-state index in [1.54, 1.807) is 0 Å². The number of rotatable bonds is 2. The Morgan fingerprint density at radius 2 is 2.23 bits per heavy atom. The van der Waals surface area contributed by atoms with Crippen LogP contribution in [-0.2, 0) is 9.53 Å². The Hall–Kier alpha value is -0.830.